The van der Waals surface area contributed by atoms with E-state index in [0.29, 0.717) is 12.2 Å². The van der Waals surface area contributed by atoms with Crippen LogP contribution in [0, 0.1) is 5.82 Å². The van der Waals surface area contributed by atoms with Crippen LogP contribution in [0.25, 0.3) is 0 Å². The Morgan fingerprint density at radius 2 is 2.05 bits per heavy atom. The zero-order valence-corrected chi connectivity index (χ0v) is 10.8. The van der Waals surface area contributed by atoms with Gasteiger partial charge in [-0.25, -0.2) is 4.39 Å². The molecule has 104 valence electrons. The Balaban J connectivity index is 1.91. The lowest BCUT2D eigenvalue weighted by atomic mass is 10.0. The summed E-state index contributed by atoms with van der Waals surface area (Å²) in [4.78, 5) is 10.9. The minimum absolute atomic E-state index is 0.157. The number of hydrogen-bond acceptors (Lipinski definition) is 3. The molecule has 0 aliphatic heterocycles. The van der Waals surface area contributed by atoms with Crippen molar-refractivity contribution in [1.29, 1.82) is 0 Å². The van der Waals surface area contributed by atoms with Crippen molar-refractivity contribution in [2.75, 3.05) is 6.61 Å². The second kappa shape index (κ2) is 5.67. The molecule has 0 unspecified atom stereocenters. The smallest absolute Gasteiger partial charge is 0.248 e. The first kappa shape index (κ1) is 14.0. The standard InChI is InChI=1S/C14H19FN2O2/c15-12-7-10(13(16)18)3-4-11(12)8-19-9-14(17)5-1-2-6-14/h3-4,7H,1-2,5-6,8-9,17H2,(H2,16,18). The molecule has 0 heterocycles. The van der Waals surface area contributed by atoms with Crippen LogP contribution in [0.15, 0.2) is 18.2 Å². The molecule has 1 amide bonds. The molecule has 0 bridgehead atoms. The van der Waals surface area contributed by atoms with E-state index in [-0.39, 0.29) is 17.7 Å². The van der Waals surface area contributed by atoms with Crippen LogP contribution in [0.5, 0.6) is 0 Å². The third-order valence-electron chi connectivity index (χ3n) is 3.58. The quantitative estimate of drug-likeness (QED) is 0.851. The van der Waals surface area contributed by atoms with E-state index in [9.17, 15) is 9.18 Å². The van der Waals surface area contributed by atoms with Gasteiger partial charge in [-0.3, -0.25) is 4.79 Å². The van der Waals surface area contributed by atoms with Gasteiger partial charge >= 0.3 is 0 Å². The van der Waals surface area contributed by atoms with Gasteiger partial charge in [-0.05, 0) is 25.0 Å². The Hall–Kier alpha value is -1.46. The molecule has 1 aliphatic carbocycles. The summed E-state index contributed by atoms with van der Waals surface area (Å²) in [5.41, 5.74) is 11.5. The highest BCUT2D eigenvalue weighted by atomic mass is 19.1. The lowest BCUT2D eigenvalue weighted by Gasteiger charge is -2.23. The number of rotatable bonds is 5. The van der Waals surface area contributed by atoms with Gasteiger partial charge in [0.1, 0.15) is 5.82 Å². The first-order valence-corrected chi connectivity index (χ1v) is 6.45. The molecule has 0 saturated heterocycles. The molecular weight excluding hydrogens is 247 g/mol. The fraction of sp³-hybridized carbons (Fsp3) is 0.500. The van der Waals surface area contributed by atoms with E-state index in [1.54, 1.807) is 0 Å². The van der Waals surface area contributed by atoms with E-state index in [1.807, 2.05) is 0 Å². The number of amides is 1. The molecule has 1 saturated carbocycles. The van der Waals surface area contributed by atoms with Crippen LogP contribution < -0.4 is 11.5 Å². The van der Waals surface area contributed by atoms with Crippen molar-refractivity contribution in [1.82, 2.24) is 0 Å². The highest BCUT2D eigenvalue weighted by Gasteiger charge is 2.29. The van der Waals surface area contributed by atoms with Crippen molar-refractivity contribution in [2.24, 2.45) is 11.5 Å². The predicted molar refractivity (Wildman–Crippen MR) is 70.0 cm³/mol. The average Bonchev–Trinajstić information content (AvgIpc) is 2.78. The van der Waals surface area contributed by atoms with Gasteiger partial charge in [-0.15, -0.1) is 0 Å². The minimum Gasteiger partial charge on any atom is -0.375 e. The zero-order chi connectivity index (χ0) is 13.9. The molecule has 1 aromatic rings. The van der Waals surface area contributed by atoms with E-state index in [4.69, 9.17) is 16.2 Å². The summed E-state index contributed by atoms with van der Waals surface area (Å²) in [6.07, 6.45) is 4.16. The summed E-state index contributed by atoms with van der Waals surface area (Å²) in [7, 11) is 0. The summed E-state index contributed by atoms with van der Waals surface area (Å²) < 4.78 is 19.2. The number of primary amides is 1. The van der Waals surface area contributed by atoms with Crippen LogP contribution in [0.1, 0.15) is 41.6 Å². The Morgan fingerprint density at radius 1 is 1.37 bits per heavy atom. The van der Waals surface area contributed by atoms with Gasteiger partial charge in [0.2, 0.25) is 5.91 Å². The van der Waals surface area contributed by atoms with Crippen LogP contribution in [0.4, 0.5) is 4.39 Å². The van der Waals surface area contributed by atoms with Crippen molar-refractivity contribution in [3.63, 3.8) is 0 Å². The van der Waals surface area contributed by atoms with Crippen molar-refractivity contribution in [3.8, 4) is 0 Å². The summed E-state index contributed by atoms with van der Waals surface area (Å²) in [5, 5.41) is 0. The lowest BCUT2D eigenvalue weighted by molar-refractivity contribution is 0.0733. The number of carbonyl (C=O) groups is 1. The van der Waals surface area contributed by atoms with E-state index in [1.165, 1.54) is 12.1 Å². The Morgan fingerprint density at radius 3 is 2.63 bits per heavy atom. The molecular formula is C14H19FN2O2. The molecule has 0 radical (unpaired) electrons. The van der Waals surface area contributed by atoms with E-state index in [0.717, 1.165) is 31.7 Å². The maximum Gasteiger partial charge on any atom is 0.248 e. The molecule has 19 heavy (non-hydrogen) atoms. The molecule has 2 rings (SSSR count). The van der Waals surface area contributed by atoms with Crippen molar-refractivity contribution in [3.05, 3.63) is 35.1 Å². The van der Waals surface area contributed by atoms with Crippen LogP contribution >= 0.6 is 0 Å². The van der Waals surface area contributed by atoms with Crippen LogP contribution in [0.2, 0.25) is 0 Å². The average molecular weight is 266 g/mol. The third kappa shape index (κ3) is 3.52. The first-order valence-electron chi connectivity index (χ1n) is 6.45. The Kier molecular flexibility index (Phi) is 4.17. The monoisotopic (exact) mass is 266 g/mol. The highest BCUT2D eigenvalue weighted by molar-refractivity contribution is 5.92. The van der Waals surface area contributed by atoms with Gasteiger partial charge in [0.15, 0.2) is 0 Å². The molecule has 5 heteroatoms. The number of hydrogen-bond donors (Lipinski definition) is 2. The summed E-state index contributed by atoms with van der Waals surface area (Å²) in [5.74, 6) is -1.12. The third-order valence-corrected chi connectivity index (χ3v) is 3.58. The Labute approximate surface area is 111 Å². The van der Waals surface area contributed by atoms with Gasteiger partial charge in [0.05, 0.1) is 13.2 Å². The predicted octanol–water partition coefficient (Wildman–Crippen LogP) is 1.71. The Bertz CT molecular complexity index is 471. The zero-order valence-electron chi connectivity index (χ0n) is 10.8. The minimum atomic E-state index is -0.641. The summed E-state index contributed by atoms with van der Waals surface area (Å²) in [6, 6.07) is 4.15. The fourth-order valence-electron chi connectivity index (χ4n) is 2.41. The van der Waals surface area contributed by atoms with Crippen molar-refractivity contribution in [2.45, 2.75) is 37.8 Å². The van der Waals surface area contributed by atoms with Gasteiger partial charge in [-0.2, -0.15) is 0 Å². The topological polar surface area (TPSA) is 78.3 Å². The molecule has 1 aliphatic rings. The van der Waals surface area contributed by atoms with Crippen molar-refractivity contribution >= 4 is 5.91 Å². The fourth-order valence-corrected chi connectivity index (χ4v) is 2.41. The molecule has 0 spiro atoms. The number of ether oxygens (including phenoxy) is 1. The lowest BCUT2D eigenvalue weighted by Crippen LogP contribution is -2.41. The number of halogens is 1. The summed E-state index contributed by atoms with van der Waals surface area (Å²) >= 11 is 0. The van der Waals surface area contributed by atoms with Crippen LogP contribution in [0.3, 0.4) is 0 Å². The first-order chi connectivity index (χ1) is 9.00. The van der Waals surface area contributed by atoms with Gasteiger partial charge < -0.3 is 16.2 Å². The molecule has 1 aromatic carbocycles. The van der Waals surface area contributed by atoms with E-state index < -0.39 is 11.7 Å². The summed E-state index contributed by atoms with van der Waals surface area (Å²) in [6.45, 7) is 0.591. The molecule has 4 N–H and O–H groups in total. The molecule has 4 nitrogen and oxygen atoms in total. The normalized spacial score (nSPS) is 17.6. The van der Waals surface area contributed by atoms with Crippen LogP contribution in [-0.4, -0.2) is 18.1 Å². The molecule has 0 atom stereocenters. The van der Waals surface area contributed by atoms with Crippen LogP contribution in [-0.2, 0) is 11.3 Å². The number of nitrogens with two attached hydrogens (primary N) is 2. The second-order valence-electron chi connectivity index (χ2n) is 5.23. The maximum atomic E-state index is 13.7. The van der Waals surface area contributed by atoms with Gasteiger partial charge in [0.25, 0.3) is 0 Å². The highest BCUT2D eigenvalue weighted by Crippen LogP contribution is 2.27. The number of benzene rings is 1. The second-order valence-corrected chi connectivity index (χ2v) is 5.23. The van der Waals surface area contributed by atoms with Gasteiger partial charge in [-0.1, -0.05) is 18.9 Å². The SMILES string of the molecule is NC(=O)c1ccc(COCC2(N)CCCC2)c(F)c1. The van der Waals surface area contributed by atoms with Gasteiger partial charge in [0, 0.05) is 16.7 Å². The van der Waals surface area contributed by atoms with E-state index >= 15 is 0 Å². The van der Waals surface area contributed by atoms with Crippen molar-refractivity contribution < 1.29 is 13.9 Å². The molecule has 1 fully saturated rings. The largest absolute Gasteiger partial charge is 0.375 e. The maximum absolute atomic E-state index is 13.7. The number of carbonyl (C=O) groups excluding carboxylic acids is 1. The molecule has 0 aromatic heterocycles. The van der Waals surface area contributed by atoms with E-state index in [2.05, 4.69) is 0 Å².